The average molecular weight is 579 g/mol. The van der Waals surface area contributed by atoms with Gasteiger partial charge in [0.1, 0.15) is 0 Å². The molecule has 2 aromatic carbocycles. The van der Waals surface area contributed by atoms with Crippen LogP contribution in [-0.4, -0.2) is 88.4 Å². The molecule has 1 aliphatic rings. The number of hydrogen-bond donors (Lipinski definition) is 3. The number of sulfonamides is 1. The van der Waals surface area contributed by atoms with Crippen molar-refractivity contribution in [3.05, 3.63) is 60.3 Å². The summed E-state index contributed by atoms with van der Waals surface area (Å²) in [7, 11) is 0.321. The molecule has 1 aromatic heterocycles. The summed E-state index contributed by atoms with van der Waals surface area (Å²) in [6, 6.07) is 16.0. The summed E-state index contributed by atoms with van der Waals surface area (Å²) in [6.07, 6.45) is 1.54. The van der Waals surface area contributed by atoms with Crippen LogP contribution in [0, 0.1) is 11.3 Å². The minimum atomic E-state index is -3.59. The third kappa shape index (κ3) is 8.62. The predicted molar refractivity (Wildman–Crippen MR) is 159 cm³/mol. The maximum absolute atomic E-state index is 13.2. The van der Waals surface area contributed by atoms with Crippen LogP contribution in [0.4, 0.5) is 23.0 Å². The SMILES string of the molecule is CN(C)CCNC(=O)c1cc(Nc2nccc(-c3ccc(NS(=O)(=O)CCC#N)cc3)n2)ccc1N1CCOCC1. The van der Waals surface area contributed by atoms with Gasteiger partial charge < -0.3 is 25.2 Å². The van der Waals surface area contributed by atoms with Gasteiger partial charge in [0, 0.05) is 55.0 Å². The Balaban J connectivity index is 1.51. The number of nitrogens with zero attached hydrogens (tertiary/aromatic N) is 5. The molecule has 1 fully saturated rings. The van der Waals surface area contributed by atoms with E-state index in [9.17, 15) is 13.2 Å². The first-order valence-electron chi connectivity index (χ1n) is 13.2. The summed E-state index contributed by atoms with van der Waals surface area (Å²) >= 11 is 0. The van der Waals surface area contributed by atoms with Gasteiger partial charge in [0.25, 0.3) is 5.91 Å². The number of ether oxygens (including phenoxy) is 1. The number of nitrogens with one attached hydrogen (secondary N) is 3. The van der Waals surface area contributed by atoms with Crippen molar-refractivity contribution in [1.29, 1.82) is 5.26 Å². The molecule has 0 aliphatic carbocycles. The van der Waals surface area contributed by atoms with E-state index in [1.54, 1.807) is 42.6 Å². The molecule has 3 aromatic rings. The van der Waals surface area contributed by atoms with Crippen molar-refractivity contribution in [2.24, 2.45) is 0 Å². The molecule has 216 valence electrons. The van der Waals surface area contributed by atoms with Gasteiger partial charge in [0.15, 0.2) is 0 Å². The van der Waals surface area contributed by atoms with Crippen molar-refractivity contribution in [1.82, 2.24) is 20.2 Å². The number of benzene rings is 2. The molecule has 0 radical (unpaired) electrons. The minimum Gasteiger partial charge on any atom is -0.378 e. The lowest BCUT2D eigenvalue weighted by molar-refractivity contribution is 0.0949. The monoisotopic (exact) mass is 578 g/mol. The highest BCUT2D eigenvalue weighted by molar-refractivity contribution is 7.92. The van der Waals surface area contributed by atoms with Crippen molar-refractivity contribution < 1.29 is 17.9 Å². The predicted octanol–water partition coefficient (Wildman–Crippen LogP) is 2.67. The molecule has 0 unspecified atom stereocenters. The number of amides is 1. The van der Waals surface area contributed by atoms with Gasteiger partial charge in [-0.3, -0.25) is 9.52 Å². The van der Waals surface area contributed by atoms with Gasteiger partial charge in [-0.15, -0.1) is 0 Å². The van der Waals surface area contributed by atoms with Gasteiger partial charge in [-0.2, -0.15) is 5.26 Å². The number of anilines is 4. The maximum Gasteiger partial charge on any atom is 0.253 e. The van der Waals surface area contributed by atoms with E-state index in [2.05, 4.69) is 30.2 Å². The Kier molecular flexibility index (Phi) is 10.1. The fourth-order valence-corrected chi connectivity index (χ4v) is 5.15. The van der Waals surface area contributed by atoms with Gasteiger partial charge in [-0.25, -0.2) is 18.4 Å². The zero-order chi connectivity index (χ0) is 29.2. The molecule has 0 atom stereocenters. The second-order valence-electron chi connectivity index (χ2n) is 9.69. The molecule has 0 saturated carbocycles. The largest absolute Gasteiger partial charge is 0.378 e. The molecule has 0 spiro atoms. The first kappa shape index (κ1) is 29.7. The lowest BCUT2D eigenvalue weighted by Gasteiger charge is -2.30. The fourth-order valence-electron chi connectivity index (χ4n) is 4.19. The van der Waals surface area contributed by atoms with E-state index in [4.69, 9.17) is 10.00 Å². The standard InChI is InChI=1S/C28H34N8O4S/c1-35(2)14-13-30-27(37)24-20-23(8-9-26(24)36-15-17-40-18-16-36)32-28-31-12-10-25(33-28)21-4-6-22(7-5-21)34-41(38,39)19-3-11-29/h4-10,12,20,34H,3,13-19H2,1-2H3,(H,30,37)(H,31,32,33). The Labute approximate surface area is 240 Å². The highest BCUT2D eigenvalue weighted by atomic mass is 32.2. The number of aromatic nitrogens is 2. The number of rotatable bonds is 12. The summed E-state index contributed by atoms with van der Waals surface area (Å²) < 4.78 is 32.1. The molecular formula is C28H34N8O4S. The molecule has 1 aliphatic heterocycles. The van der Waals surface area contributed by atoms with Crippen molar-refractivity contribution in [2.75, 3.05) is 74.2 Å². The Morgan fingerprint density at radius 3 is 2.54 bits per heavy atom. The number of carbonyl (C=O) groups is 1. The van der Waals surface area contributed by atoms with Crippen molar-refractivity contribution in [3.63, 3.8) is 0 Å². The highest BCUT2D eigenvalue weighted by Crippen LogP contribution is 2.27. The van der Waals surface area contributed by atoms with Crippen LogP contribution in [0.1, 0.15) is 16.8 Å². The second kappa shape index (κ2) is 13.9. The maximum atomic E-state index is 13.2. The summed E-state index contributed by atoms with van der Waals surface area (Å²) in [5.41, 5.74) is 3.86. The molecule has 4 rings (SSSR count). The van der Waals surface area contributed by atoms with Crippen molar-refractivity contribution >= 4 is 38.9 Å². The Morgan fingerprint density at radius 2 is 1.83 bits per heavy atom. The van der Waals surface area contributed by atoms with Gasteiger partial charge in [0.2, 0.25) is 16.0 Å². The minimum absolute atomic E-state index is 0.0807. The smallest absolute Gasteiger partial charge is 0.253 e. The average Bonchev–Trinajstić information content (AvgIpc) is 2.96. The molecule has 3 N–H and O–H groups in total. The first-order valence-corrected chi connectivity index (χ1v) is 14.9. The number of carbonyl (C=O) groups excluding carboxylic acids is 1. The number of nitriles is 1. The van der Waals surface area contributed by atoms with Crippen LogP contribution in [-0.2, 0) is 14.8 Å². The van der Waals surface area contributed by atoms with E-state index >= 15 is 0 Å². The number of hydrogen-bond acceptors (Lipinski definition) is 10. The molecule has 41 heavy (non-hydrogen) atoms. The summed E-state index contributed by atoms with van der Waals surface area (Å²) in [6.45, 7) is 3.88. The number of likely N-dealkylation sites (N-methyl/N-ethyl adjacent to an activating group) is 1. The van der Waals surface area contributed by atoms with E-state index in [1.807, 2.05) is 37.2 Å². The molecule has 13 heteroatoms. The molecular weight excluding hydrogens is 544 g/mol. The molecule has 12 nitrogen and oxygen atoms in total. The van der Waals surface area contributed by atoms with Crippen LogP contribution in [0.15, 0.2) is 54.7 Å². The first-order chi connectivity index (χ1) is 19.7. The lowest BCUT2D eigenvalue weighted by Crippen LogP contribution is -2.38. The molecule has 1 saturated heterocycles. The topological polar surface area (TPSA) is 153 Å². The Bertz CT molecular complexity index is 1480. The van der Waals surface area contributed by atoms with E-state index < -0.39 is 10.0 Å². The summed E-state index contributed by atoms with van der Waals surface area (Å²) in [5, 5.41) is 14.9. The van der Waals surface area contributed by atoms with E-state index in [0.29, 0.717) is 61.4 Å². The van der Waals surface area contributed by atoms with Crippen molar-refractivity contribution in [2.45, 2.75) is 6.42 Å². The molecule has 0 bridgehead atoms. The van der Waals surface area contributed by atoms with E-state index in [-0.39, 0.29) is 18.1 Å². The van der Waals surface area contributed by atoms with Crippen molar-refractivity contribution in [3.8, 4) is 17.3 Å². The molecule has 2 heterocycles. The van der Waals surface area contributed by atoms with Crippen LogP contribution in [0.5, 0.6) is 0 Å². The van der Waals surface area contributed by atoms with Crippen LogP contribution in [0.2, 0.25) is 0 Å². The third-order valence-electron chi connectivity index (χ3n) is 6.29. The summed E-state index contributed by atoms with van der Waals surface area (Å²) in [4.78, 5) is 26.3. The quantitative estimate of drug-likeness (QED) is 0.292. The van der Waals surface area contributed by atoms with Crippen LogP contribution in [0.25, 0.3) is 11.3 Å². The third-order valence-corrected chi connectivity index (χ3v) is 7.57. The fraction of sp³-hybridized carbons (Fsp3) is 0.357. The molecule has 1 amide bonds. The van der Waals surface area contributed by atoms with E-state index in [1.165, 1.54) is 0 Å². The van der Waals surface area contributed by atoms with Crippen LogP contribution in [0.3, 0.4) is 0 Å². The highest BCUT2D eigenvalue weighted by Gasteiger charge is 2.20. The van der Waals surface area contributed by atoms with Crippen LogP contribution < -0.4 is 20.3 Å². The van der Waals surface area contributed by atoms with Gasteiger partial charge in [0.05, 0.1) is 42.7 Å². The Morgan fingerprint density at radius 1 is 1.10 bits per heavy atom. The van der Waals surface area contributed by atoms with Gasteiger partial charge >= 0.3 is 0 Å². The zero-order valence-electron chi connectivity index (χ0n) is 23.1. The van der Waals surface area contributed by atoms with E-state index in [0.717, 1.165) is 17.8 Å². The lowest BCUT2D eigenvalue weighted by atomic mass is 10.1. The Hall–Kier alpha value is -4.25. The zero-order valence-corrected chi connectivity index (χ0v) is 23.9. The van der Waals surface area contributed by atoms with Crippen LogP contribution >= 0.6 is 0 Å². The summed E-state index contributed by atoms with van der Waals surface area (Å²) in [5.74, 6) is -0.0733. The van der Waals surface area contributed by atoms with Gasteiger partial charge in [-0.05, 0) is 50.5 Å². The van der Waals surface area contributed by atoms with Gasteiger partial charge in [-0.1, -0.05) is 12.1 Å². The number of morpholine rings is 1. The normalized spacial score (nSPS) is 13.5. The second-order valence-corrected chi connectivity index (χ2v) is 11.5.